The molecular formula is C20H23NO2. The standard InChI is InChI=1S/C20H23NO2/c1-15(2)21-14-13-20(16-5-9-18(22-3)10-6-16)17-7-11-19(23-4)12-8-17/h5-15H,1-4H3. The van der Waals surface area contributed by atoms with Gasteiger partial charge in [-0.3, -0.25) is 4.99 Å². The molecule has 23 heavy (non-hydrogen) atoms. The van der Waals surface area contributed by atoms with E-state index < -0.39 is 0 Å². The second-order valence-corrected chi connectivity index (χ2v) is 5.43. The van der Waals surface area contributed by atoms with E-state index in [4.69, 9.17) is 9.47 Å². The molecule has 0 spiro atoms. The van der Waals surface area contributed by atoms with Gasteiger partial charge in [0.05, 0.1) is 14.2 Å². The molecule has 2 aromatic rings. The highest BCUT2D eigenvalue weighted by Crippen LogP contribution is 2.26. The van der Waals surface area contributed by atoms with Crippen LogP contribution in [0.25, 0.3) is 5.57 Å². The Labute approximate surface area is 138 Å². The van der Waals surface area contributed by atoms with E-state index in [0.717, 1.165) is 28.2 Å². The van der Waals surface area contributed by atoms with Crippen LogP contribution in [0.2, 0.25) is 0 Å². The van der Waals surface area contributed by atoms with Crippen LogP contribution in [0.3, 0.4) is 0 Å². The first-order valence-electron chi connectivity index (χ1n) is 7.66. The molecular weight excluding hydrogens is 286 g/mol. The topological polar surface area (TPSA) is 30.8 Å². The van der Waals surface area contributed by atoms with Crippen LogP contribution in [0, 0.1) is 0 Å². The summed E-state index contributed by atoms with van der Waals surface area (Å²) in [7, 11) is 3.34. The SMILES string of the molecule is COc1ccc(C(=CC=NC(C)C)c2ccc(OC)cc2)cc1. The van der Waals surface area contributed by atoms with E-state index in [1.807, 2.05) is 36.6 Å². The number of methoxy groups -OCH3 is 2. The monoisotopic (exact) mass is 309 g/mol. The second-order valence-electron chi connectivity index (χ2n) is 5.43. The van der Waals surface area contributed by atoms with Crippen LogP contribution in [-0.2, 0) is 0 Å². The maximum atomic E-state index is 5.24. The summed E-state index contributed by atoms with van der Waals surface area (Å²) < 4.78 is 10.5. The third-order valence-corrected chi connectivity index (χ3v) is 3.43. The van der Waals surface area contributed by atoms with E-state index in [2.05, 4.69) is 43.1 Å². The molecule has 0 aliphatic rings. The van der Waals surface area contributed by atoms with Gasteiger partial charge in [0.2, 0.25) is 0 Å². The fourth-order valence-electron chi connectivity index (χ4n) is 2.19. The van der Waals surface area contributed by atoms with Crippen molar-refractivity contribution in [1.29, 1.82) is 0 Å². The molecule has 0 unspecified atom stereocenters. The summed E-state index contributed by atoms with van der Waals surface area (Å²) in [6.45, 7) is 4.12. The Bertz CT molecular complexity index is 618. The summed E-state index contributed by atoms with van der Waals surface area (Å²) >= 11 is 0. The van der Waals surface area contributed by atoms with E-state index in [1.54, 1.807) is 14.2 Å². The van der Waals surface area contributed by atoms with Crippen LogP contribution in [0.1, 0.15) is 25.0 Å². The minimum Gasteiger partial charge on any atom is -0.497 e. The first kappa shape index (κ1) is 16.8. The number of aliphatic imine (C=N–C) groups is 1. The molecule has 0 aliphatic heterocycles. The molecule has 0 heterocycles. The summed E-state index contributed by atoms with van der Waals surface area (Å²) in [4.78, 5) is 4.43. The lowest BCUT2D eigenvalue weighted by atomic mass is 9.97. The number of ether oxygens (including phenoxy) is 2. The summed E-state index contributed by atoms with van der Waals surface area (Å²) in [5.74, 6) is 1.69. The quantitative estimate of drug-likeness (QED) is 0.729. The summed E-state index contributed by atoms with van der Waals surface area (Å²) in [5, 5.41) is 0. The van der Waals surface area contributed by atoms with E-state index in [1.165, 1.54) is 0 Å². The van der Waals surface area contributed by atoms with Gasteiger partial charge in [0.1, 0.15) is 11.5 Å². The van der Waals surface area contributed by atoms with Crippen molar-refractivity contribution in [3.8, 4) is 11.5 Å². The normalized spacial score (nSPS) is 10.8. The lowest BCUT2D eigenvalue weighted by Gasteiger charge is -2.10. The van der Waals surface area contributed by atoms with Crippen LogP contribution in [0.15, 0.2) is 59.6 Å². The van der Waals surface area contributed by atoms with E-state index in [-0.39, 0.29) is 6.04 Å². The third kappa shape index (κ3) is 4.71. The Morgan fingerprint density at radius 3 is 1.61 bits per heavy atom. The molecule has 0 aromatic heterocycles. The van der Waals surface area contributed by atoms with Gasteiger partial charge in [0.25, 0.3) is 0 Å². The molecule has 0 saturated carbocycles. The van der Waals surface area contributed by atoms with Crippen molar-refractivity contribution in [3.63, 3.8) is 0 Å². The molecule has 3 heteroatoms. The van der Waals surface area contributed by atoms with Crippen LogP contribution < -0.4 is 9.47 Å². The van der Waals surface area contributed by atoms with Crippen molar-refractivity contribution in [1.82, 2.24) is 0 Å². The van der Waals surface area contributed by atoms with Crippen LogP contribution in [0.4, 0.5) is 0 Å². The number of nitrogens with zero attached hydrogens (tertiary/aromatic N) is 1. The van der Waals surface area contributed by atoms with Crippen molar-refractivity contribution < 1.29 is 9.47 Å². The summed E-state index contributed by atoms with van der Waals surface area (Å²) in [6, 6.07) is 16.4. The molecule has 2 rings (SSSR count). The molecule has 0 fully saturated rings. The zero-order valence-electron chi connectivity index (χ0n) is 14.1. The van der Waals surface area contributed by atoms with Crippen LogP contribution in [-0.4, -0.2) is 26.5 Å². The van der Waals surface area contributed by atoms with Crippen LogP contribution >= 0.6 is 0 Å². The minimum atomic E-state index is 0.277. The number of hydrogen-bond acceptors (Lipinski definition) is 3. The van der Waals surface area contributed by atoms with Gasteiger partial charge in [0, 0.05) is 12.3 Å². The van der Waals surface area contributed by atoms with Gasteiger partial charge in [-0.15, -0.1) is 0 Å². The molecule has 0 radical (unpaired) electrons. The Hall–Kier alpha value is -2.55. The fraction of sp³-hybridized carbons (Fsp3) is 0.250. The average molecular weight is 309 g/mol. The van der Waals surface area contributed by atoms with Crippen molar-refractivity contribution in [2.24, 2.45) is 4.99 Å². The molecule has 0 aliphatic carbocycles. The molecule has 0 bridgehead atoms. The van der Waals surface area contributed by atoms with E-state index >= 15 is 0 Å². The fourth-order valence-corrected chi connectivity index (χ4v) is 2.19. The average Bonchev–Trinajstić information content (AvgIpc) is 2.59. The molecule has 0 atom stereocenters. The van der Waals surface area contributed by atoms with Gasteiger partial charge < -0.3 is 9.47 Å². The third-order valence-electron chi connectivity index (χ3n) is 3.43. The van der Waals surface area contributed by atoms with Gasteiger partial charge in [-0.2, -0.15) is 0 Å². The van der Waals surface area contributed by atoms with Crippen molar-refractivity contribution in [2.45, 2.75) is 19.9 Å². The summed E-state index contributed by atoms with van der Waals surface area (Å²) in [5.41, 5.74) is 3.34. The minimum absolute atomic E-state index is 0.277. The zero-order valence-corrected chi connectivity index (χ0v) is 14.1. The molecule has 3 nitrogen and oxygen atoms in total. The van der Waals surface area contributed by atoms with Gasteiger partial charge in [0.15, 0.2) is 0 Å². The number of allylic oxidation sites excluding steroid dienone is 1. The van der Waals surface area contributed by atoms with Gasteiger partial charge in [-0.1, -0.05) is 24.3 Å². The smallest absolute Gasteiger partial charge is 0.118 e. The maximum absolute atomic E-state index is 5.24. The second kappa shape index (κ2) is 8.18. The predicted molar refractivity (Wildman–Crippen MR) is 96.7 cm³/mol. The van der Waals surface area contributed by atoms with Crippen molar-refractivity contribution in [3.05, 3.63) is 65.7 Å². The van der Waals surface area contributed by atoms with E-state index in [9.17, 15) is 0 Å². The Morgan fingerprint density at radius 1 is 0.826 bits per heavy atom. The largest absolute Gasteiger partial charge is 0.497 e. The van der Waals surface area contributed by atoms with E-state index in [0.29, 0.717) is 0 Å². The maximum Gasteiger partial charge on any atom is 0.118 e. The van der Waals surface area contributed by atoms with Gasteiger partial charge >= 0.3 is 0 Å². The number of hydrogen-bond donors (Lipinski definition) is 0. The predicted octanol–water partition coefficient (Wildman–Crippen LogP) is 4.61. The molecule has 0 amide bonds. The highest BCUT2D eigenvalue weighted by Gasteiger charge is 2.05. The van der Waals surface area contributed by atoms with Gasteiger partial charge in [-0.25, -0.2) is 0 Å². The molecule has 2 aromatic carbocycles. The van der Waals surface area contributed by atoms with Gasteiger partial charge in [-0.05, 0) is 60.9 Å². The number of benzene rings is 2. The van der Waals surface area contributed by atoms with Crippen LogP contribution in [0.5, 0.6) is 11.5 Å². The lowest BCUT2D eigenvalue weighted by molar-refractivity contribution is 0.414. The first-order valence-corrected chi connectivity index (χ1v) is 7.66. The summed E-state index contributed by atoms with van der Waals surface area (Å²) in [6.07, 6.45) is 3.91. The Kier molecular flexibility index (Phi) is 5.98. The molecule has 0 saturated heterocycles. The Morgan fingerprint density at radius 2 is 1.26 bits per heavy atom. The molecule has 0 N–H and O–H groups in total. The number of rotatable bonds is 6. The lowest BCUT2D eigenvalue weighted by Crippen LogP contribution is -1.92. The van der Waals surface area contributed by atoms with Crippen molar-refractivity contribution in [2.75, 3.05) is 14.2 Å². The van der Waals surface area contributed by atoms with Crippen molar-refractivity contribution >= 4 is 11.8 Å². The molecule has 120 valence electrons. The highest BCUT2D eigenvalue weighted by atomic mass is 16.5. The first-order chi connectivity index (χ1) is 11.1. The Balaban J connectivity index is 2.41. The highest BCUT2D eigenvalue weighted by molar-refractivity contribution is 5.91. The zero-order chi connectivity index (χ0) is 16.7.